The summed E-state index contributed by atoms with van der Waals surface area (Å²) < 4.78 is 0. The molecule has 1 aliphatic rings. The first kappa shape index (κ1) is 9.86. The van der Waals surface area contributed by atoms with Gasteiger partial charge in [0.2, 0.25) is 0 Å². The lowest BCUT2D eigenvalue weighted by molar-refractivity contribution is 1.02. The Labute approximate surface area is 83.7 Å². The number of nitrogens with zero attached hydrogens (tertiary/aromatic N) is 2. The van der Waals surface area contributed by atoms with Crippen LogP contribution in [0.2, 0.25) is 0 Å². The van der Waals surface area contributed by atoms with Gasteiger partial charge >= 0.3 is 0 Å². The summed E-state index contributed by atoms with van der Waals surface area (Å²) in [7, 11) is 0. The molecule has 0 fully saturated rings. The van der Waals surface area contributed by atoms with Crippen LogP contribution in [-0.4, -0.2) is 19.0 Å². The van der Waals surface area contributed by atoms with Crippen LogP contribution in [0.15, 0.2) is 35.3 Å². The number of aliphatic imine (C=N–C) groups is 1. The van der Waals surface area contributed by atoms with Crippen LogP contribution in [-0.2, 0) is 0 Å². The first-order valence-electron chi connectivity index (χ1n) is 4.00. The summed E-state index contributed by atoms with van der Waals surface area (Å²) in [5.41, 5.74) is 6.81. The second kappa shape index (κ2) is 4.14. The highest BCUT2D eigenvalue weighted by Gasteiger charge is 2.14. The molecule has 0 aliphatic carbocycles. The summed E-state index contributed by atoms with van der Waals surface area (Å²) in [6.45, 7) is 1.70. The molecule has 2 rings (SSSR count). The van der Waals surface area contributed by atoms with Crippen molar-refractivity contribution in [1.82, 2.24) is 0 Å². The lowest BCUT2D eigenvalue weighted by Crippen LogP contribution is -2.33. The van der Waals surface area contributed by atoms with Crippen LogP contribution in [0.25, 0.3) is 0 Å². The van der Waals surface area contributed by atoms with Gasteiger partial charge in [0.05, 0.1) is 6.54 Å². The Balaban J connectivity index is 0.000000845. The Kier molecular flexibility index (Phi) is 3.14. The molecule has 1 aromatic rings. The minimum Gasteiger partial charge on any atom is -0.370 e. The van der Waals surface area contributed by atoms with Gasteiger partial charge in [-0.3, -0.25) is 4.99 Å². The van der Waals surface area contributed by atoms with Crippen molar-refractivity contribution >= 4 is 24.1 Å². The number of hydrogen-bond donors (Lipinski definition) is 1. The van der Waals surface area contributed by atoms with E-state index in [1.165, 1.54) is 0 Å². The number of hydrogen-bond acceptors (Lipinski definition) is 3. The van der Waals surface area contributed by atoms with E-state index in [1.54, 1.807) is 0 Å². The van der Waals surface area contributed by atoms with Gasteiger partial charge in [-0.2, -0.15) is 0 Å². The Morgan fingerprint density at radius 3 is 2.46 bits per heavy atom. The molecule has 3 nitrogen and oxygen atoms in total. The maximum absolute atomic E-state index is 5.69. The highest BCUT2D eigenvalue weighted by atomic mass is 35.5. The highest BCUT2D eigenvalue weighted by molar-refractivity contribution is 5.96. The molecule has 0 atom stereocenters. The third kappa shape index (κ3) is 1.92. The van der Waals surface area contributed by atoms with Gasteiger partial charge in [-0.05, 0) is 12.1 Å². The molecule has 1 heterocycles. The van der Waals surface area contributed by atoms with E-state index in [2.05, 4.69) is 4.99 Å². The lowest BCUT2D eigenvalue weighted by Gasteiger charge is -2.16. The number of halogens is 1. The van der Waals surface area contributed by atoms with Crippen LogP contribution in [0.3, 0.4) is 0 Å². The molecule has 0 aromatic heterocycles. The summed E-state index contributed by atoms with van der Waals surface area (Å²) in [6, 6.07) is 10.1. The van der Waals surface area contributed by atoms with Crippen molar-refractivity contribution in [1.29, 1.82) is 0 Å². The zero-order chi connectivity index (χ0) is 8.39. The van der Waals surface area contributed by atoms with Crippen molar-refractivity contribution in [3.8, 4) is 0 Å². The fourth-order valence-electron chi connectivity index (χ4n) is 1.33. The fraction of sp³-hybridized carbons (Fsp3) is 0.222. The molecule has 1 aliphatic heterocycles. The monoisotopic (exact) mass is 197 g/mol. The molecule has 4 heteroatoms. The van der Waals surface area contributed by atoms with Gasteiger partial charge in [-0.15, -0.1) is 12.4 Å². The Bertz CT molecular complexity index is 297. The van der Waals surface area contributed by atoms with Crippen LogP contribution in [0.5, 0.6) is 0 Å². The molecule has 0 amide bonds. The molecular weight excluding hydrogens is 186 g/mol. The quantitative estimate of drug-likeness (QED) is 0.736. The van der Waals surface area contributed by atoms with Crippen molar-refractivity contribution < 1.29 is 0 Å². The van der Waals surface area contributed by atoms with E-state index in [-0.39, 0.29) is 12.4 Å². The Morgan fingerprint density at radius 2 is 1.92 bits per heavy atom. The number of anilines is 1. The Hall–Kier alpha value is -1.22. The van der Waals surface area contributed by atoms with Crippen LogP contribution in [0.1, 0.15) is 0 Å². The predicted octanol–water partition coefficient (Wildman–Crippen LogP) is 1.24. The minimum absolute atomic E-state index is 0. The lowest BCUT2D eigenvalue weighted by atomic mass is 10.3. The summed E-state index contributed by atoms with van der Waals surface area (Å²) >= 11 is 0. The molecular formula is C9H12ClN3. The Morgan fingerprint density at radius 1 is 1.23 bits per heavy atom. The third-order valence-electron chi connectivity index (χ3n) is 1.94. The average Bonchev–Trinajstić information content (AvgIpc) is 2.53. The normalized spacial score (nSPS) is 15.1. The van der Waals surface area contributed by atoms with Crippen molar-refractivity contribution in [2.75, 3.05) is 18.0 Å². The van der Waals surface area contributed by atoms with Gasteiger partial charge in [0.1, 0.15) is 0 Å². The van der Waals surface area contributed by atoms with E-state index in [0.29, 0.717) is 5.96 Å². The van der Waals surface area contributed by atoms with E-state index >= 15 is 0 Å². The molecule has 0 radical (unpaired) electrons. The van der Waals surface area contributed by atoms with Gasteiger partial charge in [0, 0.05) is 12.2 Å². The second-order valence-corrected chi connectivity index (χ2v) is 2.73. The zero-order valence-electron chi connectivity index (χ0n) is 7.18. The van der Waals surface area contributed by atoms with Crippen molar-refractivity contribution in [3.05, 3.63) is 30.3 Å². The van der Waals surface area contributed by atoms with Crippen LogP contribution < -0.4 is 10.6 Å². The average molecular weight is 198 g/mol. The van der Waals surface area contributed by atoms with Crippen LogP contribution in [0.4, 0.5) is 5.69 Å². The maximum atomic E-state index is 5.69. The van der Waals surface area contributed by atoms with Gasteiger partial charge in [-0.1, -0.05) is 18.2 Å². The van der Waals surface area contributed by atoms with Gasteiger partial charge in [-0.25, -0.2) is 0 Å². The standard InChI is InChI=1S/C9H11N3.ClH/c10-9-11-6-7-12(9)8-4-2-1-3-5-8;/h1-5H,6-7H2,(H2,10,11);1H. The first-order chi connectivity index (χ1) is 5.88. The summed E-state index contributed by atoms with van der Waals surface area (Å²) in [5, 5.41) is 0. The van der Waals surface area contributed by atoms with Gasteiger partial charge in [0.15, 0.2) is 5.96 Å². The number of rotatable bonds is 1. The smallest absolute Gasteiger partial charge is 0.195 e. The van der Waals surface area contributed by atoms with Crippen molar-refractivity contribution in [2.24, 2.45) is 10.7 Å². The van der Waals surface area contributed by atoms with E-state index in [0.717, 1.165) is 18.8 Å². The summed E-state index contributed by atoms with van der Waals surface area (Å²) in [4.78, 5) is 6.13. The molecule has 0 bridgehead atoms. The third-order valence-corrected chi connectivity index (χ3v) is 1.94. The molecule has 0 saturated heterocycles. The summed E-state index contributed by atoms with van der Waals surface area (Å²) in [6.07, 6.45) is 0. The second-order valence-electron chi connectivity index (χ2n) is 2.73. The number of nitrogens with two attached hydrogens (primary N) is 1. The highest BCUT2D eigenvalue weighted by Crippen LogP contribution is 2.14. The molecule has 70 valence electrons. The van der Waals surface area contributed by atoms with Crippen LogP contribution >= 0.6 is 12.4 Å². The van der Waals surface area contributed by atoms with E-state index in [9.17, 15) is 0 Å². The first-order valence-corrected chi connectivity index (χ1v) is 4.00. The van der Waals surface area contributed by atoms with Crippen LogP contribution in [0, 0.1) is 0 Å². The van der Waals surface area contributed by atoms with Crippen molar-refractivity contribution in [3.63, 3.8) is 0 Å². The largest absolute Gasteiger partial charge is 0.370 e. The minimum atomic E-state index is 0. The topological polar surface area (TPSA) is 41.6 Å². The van der Waals surface area contributed by atoms with E-state index in [4.69, 9.17) is 5.73 Å². The number of benzene rings is 1. The molecule has 1 aromatic carbocycles. The molecule has 0 saturated carbocycles. The van der Waals surface area contributed by atoms with E-state index < -0.39 is 0 Å². The summed E-state index contributed by atoms with van der Waals surface area (Å²) in [5.74, 6) is 0.626. The maximum Gasteiger partial charge on any atom is 0.195 e. The molecule has 13 heavy (non-hydrogen) atoms. The number of guanidine groups is 1. The number of para-hydroxylation sites is 1. The zero-order valence-corrected chi connectivity index (χ0v) is 8.00. The predicted molar refractivity (Wildman–Crippen MR) is 57.5 cm³/mol. The SMILES string of the molecule is Cl.NC1=NCCN1c1ccccc1. The molecule has 0 spiro atoms. The van der Waals surface area contributed by atoms with Gasteiger partial charge in [0.25, 0.3) is 0 Å². The molecule has 2 N–H and O–H groups in total. The fourth-order valence-corrected chi connectivity index (χ4v) is 1.33. The van der Waals surface area contributed by atoms with Crippen molar-refractivity contribution in [2.45, 2.75) is 0 Å². The molecule has 0 unspecified atom stereocenters. The van der Waals surface area contributed by atoms with Gasteiger partial charge < -0.3 is 10.6 Å². The van der Waals surface area contributed by atoms with E-state index in [1.807, 2.05) is 35.2 Å².